The molecule has 0 unspecified atom stereocenters. The number of aliphatic carboxylic acids is 1. The van der Waals surface area contributed by atoms with Crippen molar-refractivity contribution in [2.75, 3.05) is 5.32 Å². The van der Waals surface area contributed by atoms with Crippen molar-refractivity contribution >= 4 is 22.4 Å². The molecule has 5 nitrogen and oxygen atoms in total. The van der Waals surface area contributed by atoms with Crippen LogP contribution in [-0.4, -0.2) is 27.3 Å². The summed E-state index contributed by atoms with van der Waals surface area (Å²) in [5, 5.41) is 31.9. The number of phenols is 2. The van der Waals surface area contributed by atoms with Crippen molar-refractivity contribution < 1.29 is 20.1 Å². The predicted molar refractivity (Wildman–Crippen MR) is 68.0 cm³/mol. The summed E-state index contributed by atoms with van der Waals surface area (Å²) in [4.78, 5) is 10.7. The number of carboxylic acid groups (broad SMARTS) is 1. The van der Waals surface area contributed by atoms with Gasteiger partial charge in [0, 0.05) is 5.69 Å². The number of fused-ring (bicyclic) bond motifs is 1. The zero-order valence-corrected chi connectivity index (χ0v) is 9.71. The average Bonchev–Trinajstić information content (AvgIpc) is 2.31. The highest BCUT2D eigenvalue weighted by atomic mass is 16.4. The molecule has 0 heterocycles. The molecule has 1 atom stereocenters. The lowest BCUT2D eigenvalue weighted by Crippen LogP contribution is -2.25. The molecule has 0 aliphatic rings. The normalized spacial score (nSPS) is 12.3. The number of hydrogen-bond acceptors (Lipinski definition) is 4. The van der Waals surface area contributed by atoms with Gasteiger partial charge >= 0.3 is 5.97 Å². The molecule has 0 fully saturated rings. The molecule has 0 saturated heterocycles. The highest BCUT2D eigenvalue weighted by Crippen LogP contribution is 2.31. The quantitative estimate of drug-likeness (QED) is 0.624. The van der Waals surface area contributed by atoms with Gasteiger partial charge in [-0.15, -0.1) is 0 Å². The molecular formula is C13H13NO4. The third-order valence-electron chi connectivity index (χ3n) is 2.69. The first-order valence-corrected chi connectivity index (χ1v) is 5.42. The number of phenolic OH excluding ortho intramolecular Hbond substituents is 2. The summed E-state index contributed by atoms with van der Waals surface area (Å²) in [5.74, 6) is -1.32. The van der Waals surface area contributed by atoms with Gasteiger partial charge in [0.2, 0.25) is 0 Å². The van der Waals surface area contributed by atoms with Crippen LogP contribution in [0.2, 0.25) is 0 Å². The number of nitrogens with one attached hydrogen (secondary N) is 1. The van der Waals surface area contributed by atoms with Crippen LogP contribution >= 0.6 is 0 Å². The maximum atomic E-state index is 10.7. The van der Waals surface area contributed by atoms with Crippen molar-refractivity contribution in [1.29, 1.82) is 0 Å². The molecule has 0 saturated carbocycles. The Morgan fingerprint density at radius 2 is 1.72 bits per heavy atom. The summed E-state index contributed by atoms with van der Waals surface area (Å²) >= 11 is 0. The van der Waals surface area contributed by atoms with Gasteiger partial charge in [-0.2, -0.15) is 0 Å². The van der Waals surface area contributed by atoms with Gasteiger partial charge < -0.3 is 20.6 Å². The van der Waals surface area contributed by atoms with E-state index < -0.39 is 12.0 Å². The number of rotatable bonds is 3. The molecule has 0 aliphatic heterocycles. The van der Waals surface area contributed by atoms with Crippen LogP contribution in [-0.2, 0) is 4.79 Å². The summed E-state index contributed by atoms with van der Waals surface area (Å²) in [6.07, 6.45) is 0. The summed E-state index contributed by atoms with van der Waals surface area (Å²) in [6.45, 7) is 1.54. The van der Waals surface area contributed by atoms with Crippen LogP contribution in [0.1, 0.15) is 6.92 Å². The third-order valence-corrected chi connectivity index (χ3v) is 2.69. The van der Waals surface area contributed by atoms with E-state index in [4.69, 9.17) is 5.11 Å². The number of anilines is 1. The van der Waals surface area contributed by atoms with Crippen molar-refractivity contribution in [3.05, 3.63) is 30.3 Å². The van der Waals surface area contributed by atoms with Gasteiger partial charge in [-0.05, 0) is 42.0 Å². The SMILES string of the molecule is C[C@H](Nc1ccc2cc(O)c(O)cc2c1)C(=O)O. The lowest BCUT2D eigenvalue weighted by Gasteiger charge is -2.11. The van der Waals surface area contributed by atoms with Gasteiger partial charge in [0.15, 0.2) is 11.5 Å². The summed E-state index contributed by atoms with van der Waals surface area (Å²) in [5.41, 5.74) is 0.641. The number of benzene rings is 2. The minimum Gasteiger partial charge on any atom is -0.504 e. The lowest BCUT2D eigenvalue weighted by molar-refractivity contribution is -0.137. The van der Waals surface area contributed by atoms with E-state index >= 15 is 0 Å². The third kappa shape index (κ3) is 2.29. The van der Waals surface area contributed by atoms with Gasteiger partial charge in [0.25, 0.3) is 0 Å². The molecule has 0 aliphatic carbocycles. The standard InChI is InChI=1S/C13H13NO4/c1-7(13(17)18)14-10-3-2-8-5-11(15)12(16)6-9(8)4-10/h2-7,14-16H,1H3,(H,17,18)/t7-/m0/s1. The van der Waals surface area contributed by atoms with Crippen LogP contribution in [0, 0.1) is 0 Å². The van der Waals surface area contributed by atoms with Crippen LogP contribution in [0.25, 0.3) is 10.8 Å². The second kappa shape index (κ2) is 4.44. The van der Waals surface area contributed by atoms with E-state index in [1.807, 2.05) is 0 Å². The number of hydrogen-bond donors (Lipinski definition) is 4. The van der Waals surface area contributed by atoms with Gasteiger partial charge in [0.1, 0.15) is 6.04 Å². The Balaban J connectivity index is 2.38. The Bertz CT molecular complexity index is 609. The first-order chi connectivity index (χ1) is 8.47. The molecule has 94 valence electrons. The van der Waals surface area contributed by atoms with E-state index in [-0.39, 0.29) is 11.5 Å². The van der Waals surface area contributed by atoms with Crippen molar-refractivity contribution in [2.45, 2.75) is 13.0 Å². The summed E-state index contributed by atoms with van der Waals surface area (Å²) in [7, 11) is 0. The van der Waals surface area contributed by atoms with Crippen molar-refractivity contribution in [3.63, 3.8) is 0 Å². The second-order valence-electron chi connectivity index (χ2n) is 4.11. The summed E-state index contributed by atoms with van der Waals surface area (Å²) in [6, 6.07) is 7.36. The molecule has 2 aromatic rings. The highest BCUT2D eigenvalue weighted by molar-refractivity contribution is 5.89. The highest BCUT2D eigenvalue weighted by Gasteiger charge is 2.10. The van der Waals surface area contributed by atoms with Crippen molar-refractivity contribution in [2.24, 2.45) is 0 Å². The fourth-order valence-electron chi connectivity index (χ4n) is 1.68. The van der Waals surface area contributed by atoms with Crippen molar-refractivity contribution in [3.8, 4) is 11.5 Å². The van der Waals surface area contributed by atoms with E-state index in [1.54, 1.807) is 25.1 Å². The molecule has 0 spiro atoms. The van der Waals surface area contributed by atoms with E-state index in [9.17, 15) is 15.0 Å². The van der Waals surface area contributed by atoms with E-state index in [2.05, 4.69) is 5.32 Å². The molecule has 0 bridgehead atoms. The molecule has 18 heavy (non-hydrogen) atoms. The fourth-order valence-corrected chi connectivity index (χ4v) is 1.68. The Kier molecular flexibility index (Phi) is 2.97. The average molecular weight is 247 g/mol. The minimum atomic E-state index is -0.941. The van der Waals surface area contributed by atoms with Crippen LogP contribution in [0.15, 0.2) is 30.3 Å². The molecule has 2 rings (SSSR count). The monoisotopic (exact) mass is 247 g/mol. The fraction of sp³-hybridized carbons (Fsp3) is 0.154. The topological polar surface area (TPSA) is 89.8 Å². The second-order valence-corrected chi connectivity index (χ2v) is 4.11. The zero-order chi connectivity index (χ0) is 13.3. The van der Waals surface area contributed by atoms with E-state index in [0.29, 0.717) is 11.1 Å². The van der Waals surface area contributed by atoms with Crippen LogP contribution in [0.5, 0.6) is 11.5 Å². The molecule has 5 heteroatoms. The van der Waals surface area contributed by atoms with Crippen LogP contribution in [0.3, 0.4) is 0 Å². The molecule has 0 radical (unpaired) electrons. The van der Waals surface area contributed by atoms with Gasteiger partial charge in [-0.25, -0.2) is 0 Å². The van der Waals surface area contributed by atoms with Crippen LogP contribution in [0.4, 0.5) is 5.69 Å². The molecule has 4 N–H and O–H groups in total. The van der Waals surface area contributed by atoms with Gasteiger partial charge in [-0.1, -0.05) is 6.07 Å². The van der Waals surface area contributed by atoms with E-state index in [0.717, 1.165) is 5.39 Å². The Morgan fingerprint density at radius 3 is 2.33 bits per heavy atom. The Labute approximate surface area is 103 Å². The first-order valence-electron chi connectivity index (χ1n) is 5.42. The molecular weight excluding hydrogens is 234 g/mol. The first kappa shape index (κ1) is 12.0. The molecule has 0 amide bonds. The summed E-state index contributed by atoms with van der Waals surface area (Å²) < 4.78 is 0. The maximum absolute atomic E-state index is 10.7. The minimum absolute atomic E-state index is 0.179. The molecule has 2 aromatic carbocycles. The smallest absolute Gasteiger partial charge is 0.325 e. The van der Waals surface area contributed by atoms with Crippen molar-refractivity contribution in [1.82, 2.24) is 0 Å². The largest absolute Gasteiger partial charge is 0.504 e. The zero-order valence-electron chi connectivity index (χ0n) is 9.71. The predicted octanol–water partition coefficient (Wildman–Crippen LogP) is 2.14. The number of carboxylic acids is 1. The Hall–Kier alpha value is -2.43. The van der Waals surface area contributed by atoms with Crippen LogP contribution < -0.4 is 5.32 Å². The number of carbonyl (C=O) groups is 1. The maximum Gasteiger partial charge on any atom is 0.325 e. The number of aromatic hydroxyl groups is 2. The lowest BCUT2D eigenvalue weighted by atomic mass is 10.1. The van der Waals surface area contributed by atoms with Gasteiger partial charge in [0.05, 0.1) is 0 Å². The molecule has 0 aromatic heterocycles. The van der Waals surface area contributed by atoms with Gasteiger partial charge in [-0.3, -0.25) is 4.79 Å². The Morgan fingerprint density at radius 1 is 1.11 bits per heavy atom. The van der Waals surface area contributed by atoms with E-state index in [1.165, 1.54) is 12.1 Å².